The van der Waals surface area contributed by atoms with Gasteiger partial charge in [-0.05, 0) is 52.2 Å². The molecule has 2 rings (SSSR count). The number of benzene rings is 1. The van der Waals surface area contributed by atoms with Crippen molar-refractivity contribution in [1.82, 2.24) is 9.88 Å². The highest BCUT2D eigenvalue weighted by molar-refractivity contribution is 9.10. The summed E-state index contributed by atoms with van der Waals surface area (Å²) in [6, 6.07) is 9.57. The number of hydrogen-bond acceptors (Lipinski definition) is 2. The molecule has 0 unspecified atom stereocenters. The fraction of sp³-hybridized carbons (Fsp3) is 0.200. The van der Waals surface area contributed by atoms with E-state index in [9.17, 15) is 4.79 Å². The molecule has 0 saturated heterocycles. The van der Waals surface area contributed by atoms with Crippen molar-refractivity contribution in [3.05, 3.63) is 63.9 Å². The Kier molecular flexibility index (Phi) is 4.32. The maximum Gasteiger partial charge on any atom is 0.255 e. The van der Waals surface area contributed by atoms with Gasteiger partial charge in [0.05, 0.1) is 5.56 Å². The summed E-state index contributed by atoms with van der Waals surface area (Å²) in [5.41, 5.74) is 2.82. The zero-order valence-corrected chi connectivity index (χ0v) is 12.5. The van der Waals surface area contributed by atoms with Crippen molar-refractivity contribution in [2.45, 2.75) is 13.5 Å². The third kappa shape index (κ3) is 3.41. The lowest BCUT2D eigenvalue weighted by atomic mass is 10.1. The van der Waals surface area contributed by atoms with E-state index in [-0.39, 0.29) is 5.91 Å². The Hall–Kier alpha value is -1.68. The summed E-state index contributed by atoms with van der Waals surface area (Å²) >= 11 is 3.44. The van der Waals surface area contributed by atoms with Crippen molar-refractivity contribution in [3.8, 4) is 0 Å². The summed E-state index contributed by atoms with van der Waals surface area (Å²) in [7, 11) is 1.79. The van der Waals surface area contributed by atoms with Crippen LogP contribution >= 0.6 is 15.9 Å². The third-order valence-electron chi connectivity index (χ3n) is 2.84. The number of rotatable bonds is 3. The van der Waals surface area contributed by atoms with Crippen LogP contribution in [0.25, 0.3) is 0 Å². The summed E-state index contributed by atoms with van der Waals surface area (Å²) in [5, 5.41) is 0. The molecule has 1 aromatic carbocycles. The van der Waals surface area contributed by atoms with Gasteiger partial charge in [-0.3, -0.25) is 9.78 Å². The predicted octanol–water partition coefficient (Wildman–Crippen LogP) is 3.42. The van der Waals surface area contributed by atoms with Crippen molar-refractivity contribution >= 4 is 21.8 Å². The molecule has 0 aliphatic carbocycles. The van der Waals surface area contributed by atoms with Crippen LogP contribution in [0.4, 0.5) is 0 Å². The second-order valence-corrected chi connectivity index (χ2v) is 5.36. The number of carbonyl (C=O) groups excluding carboxylic acids is 1. The molecule has 0 saturated carbocycles. The van der Waals surface area contributed by atoms with Crippen LogP contribution in [0.5, 0.6) is 0 Å². The van der Waals surface area contributed by atoms with E-state index in [1.165, 1.54) is 0 Å². The highest BCUT2D eigenvalue weighted by atomic mass is 79.9. The average molecular weight is 319 g/mol. The lowest BCUT2D eigenvalue weighted by Gasteiger charge is -2.18. The van der Waals surface area contributed by atoms with Crippen LogP contribution in [-0.4, -0.2) is 22.8 Å². The number of amides is 1. The fourth-order valence-electron chi connectivity index (χ4n) is 1.84. The van der Waals surface area contributed by atoms with Crippen molar-refractivity contribution in [3.63, 3.8) is 0 Å². The van der Waals surface area contributed by atoms with Crippen LogP contribution in [-0.2, 0) is 6.54 Å². The van der Waals surface area contributed by atoms with Crippen LogP contribution in [0, 0.1) is 6.92 Å². The smallest absolute Gasteiger partial charge is 0.255 e. The minimum Gasteiger partial charge on any atom is -0.337 e. The van der Waals surface area contributed by atoms with Crippen LogP contribution in [0.3, 0.4) is 0 Å². The first-order valence-electron chi connectivity index (χ1n) is 5.98. The molecule has 4 heteroatoms. The first kappa shape index (κ1) is 13.7. The largest absolute Gasteiger partial charge is 0.337 e. The highest BCUT2D eigenvalue weighted by Crippen LogP contribution is 2.20. The van der Waals surface area contributed by atoms with Crippen molar-refractivity contribution in [1.29, 1.82) is 0 Å². The average Bonchev–Trinajstić information content (AvgIpc) is 2.39. The maximum absolute atomic E-state index is 12.4. The molecule has 1 aromatic heterocycles. The molecule has 0 bridgehead atoms. The summed E-state index contributed by atoms with van der Waals surface area (Å²) in [5.74, 6) is -0.00396. The van der Waals surface area contributed by atoms with Gasteiger partial charge in [-0.1, -0.05) is 12.1 Å². The lowest BCUT2D eigenvalue weighted by Crippen LogP contribution is -2.26. The van der Waals surface area contributed by atoms with E-state index in [0.29, 0.717) is 12.1 Å². The predicted molar refractivity (Wildman–Crippen MR) is 78.9 cm³/mol. The van der Waals surface area contributed by atoms with Gasteiger partial charge >= 0.3 is 0 Å². The van der Waals surface area contributed by atoms with E-state index in [2.05, 4.69) is 20.9 Å². The Morgan fingerprint density at radius 1 is 1.37 bits per heavy atom. The van der Waals surface area contributed by atoms with Gasteiger partial charge < -0.3 is 4.90 Å². The van der Waals surface area contributed by atoms with Gasteiger partial charge in [0.15, 0.2) is 0 Å². The van der Waals surface area contributed by atoms with Crippen LogP contribution < -0.4 is 0 Å². The number of hydrogen-bond donors (Lipinski definition) is 0. The topological polar surface area (TPSA) is 33.2 Å². The SMILES string of the molecule is Cc1ccc(C(=O)N(C)Cc2cccnc2)c(Br)c1. The number of nitrogens with zero attached hydrogens (tertiary/aromatic N) is 2. The van der Waals surface area contributed by atoms with E-state index < -0.39 is 0 Å². The van der Waals surface area contributed by atoms with Crippen LogP contribution in [0.1, 0.15) is 21.5 Å². The van der Waals surface area contributed by atoms with Crippen LogP contribution in [0.2, 0.25) is 0 Å². The van der Waals surface area contributed by atoms with Gasteiger partial charge in [-0.15, -0.1) is 0 Å². The highest BCUT2D eigenvalue weighted by Gasteiger charge is 2.15. The Morgan fingerprint density at radius 2 is 2.16 bits per heavy atom. The molecule has 0 aliphatic rings. The number of aromatic nitrogens is 1. The van der Waals surface area contributed by atoms with Gasteiger partial charge in [0.25, 0.3) is 5.91 Å². The number of pyridine rings is 1. The molecule has 0 atom stereocenters. The first-order valence-corrected chi connectivity index (χ1v) is 6.78. The van der Waals surface area contributed by atoms with Crippen LogP contribution in [0.15, 0.2) is 47.2 Å². The standard InChI is InChI=1S/C15H15BrN2O/c1-11-5-6-13(14(16)8-11)15(19)18(2)10-12-4-3-7-17-9-12/h3-9H,10H2,1-2H3. The molecule has 98 valence electrons. The van der Waals surface area contributed by atoms with E-state index in [4.69, 9.17) is 0 Å². The Labute approximate surface area is 121 Å². The summed E-state index contributed by atoms with van der Waals surface area (Å²) in [6.45, 7) is 2.55. The van der Waals surface area contributed by atoms with Gasteiger partial charge in [0, 0.05) is 30.5 Å². The Bertz CT molecular complexity index is 584. The van der Waals surface area contributed by atoms with Gasteiger partial charge in [-0.2, -0.15) is 0 Å². The molecule has 3 nitrogen and oxygen atoms in total. The molecule has 0 N–H and O–H groups in total. The van der Waals surface area contributed by atoms with Gasteiger partial charge in [-0.25, -0.2) is 0 Å². The van der Waals surface area contributed by atoms with Crippen molar-refractivity contribution in [2.24, 2.45) is 0 Å². The maximum atomic E-state index is 12.4. The monoisotopic (exact) mass is 318 g/mol. The Morgan fingerprint density at radius 3 is 2.79 bits per heavy atom. The van der Waals surface area contributed by atoms with Crippen molar-refractivity contribution < 1.29 is 4.79 Å². The minimum absolute atomic E-state index is 0.00396. The van der Waals surface area contributed by atoms with E-state index >= 15 is 0 Å². The number of halogens is 1. The molecular formula is C15H15BrN2O. The third-order valence-corrected chi connectivity index (χ3v) is 3.50. The quantitative estimate of drug-likeness (QED) is 0.868. The van der Waals surface area contributed by atoms with Gasteiger partial charge in [0.1, 0.15) is 0 Å². The molecule has 0 radical (unpaired) electrons. The molecule has 1 amide bonds. The summed E-state index contributed by atoms with van der Waals surface area (Å²) in [6.07, 6.45) is 3.50. The fourth-order valence-corrected chi connectivity index (χ4v) is 2.50. The molecule has 0 aliphatic heterocycles. The van der Waals surface area contributed by atoms with E-state index in [1.807, 2.05) is 37.3 Å². The lowest BCUT2D eigenvalue weighted by molar-refractivity contribution is 0.0784. The minimum atomic E-state index is -0.00396. The Balaban J connectivity index is 2.15. The summed E-state index contributed by atoms with van der Waals surface area (Å²) < 4.78 is 0.829. The number of carbonyl (C=O) groups is 1. The van der Waals surface area contributed by atoms with Crippen molar-refractivity contribution in [2.75, 3.05) is 7.05 Å². The zero-order valence-electron chi connectivity index (χ0n) is 10.9. The molecule has 19 heavy (non-hydrogen) atoms. The normalized spacial score (nSPS) is 10.3. The zero-order chi connectivity index (χ0) is 13.8. The second-order valence-electron chi connectivity index (χ2n) is 4.51. The summed E-state index contributed by atoms with van der Waals surface area (Å²) in [4.78, 5) is 18.1. The van der Waals surface area contributed by atoms with E-state index in [1.54, 1.807) is 24.3 Å². The molecule has 0 fully saturated rings. The molecular weight excluding hydrogens is 304 g/mol. The van der Waals surface area contributed by atoms with E-state index in [0.717, 1.165) is 15.6 Å². The molecule has 2 aromatic rings. The second kappa shape index (κ2) is 5.97. The van der Waals surface area contributed by atoms with Gasteiger partial charge in [0.2, 0.25) is 0 Å². The number of aryl methyl sites for hydroxylation is 1. The molecule has 1 heterocycles. The molecule has 0 spiro atoms. The first-order chi connectivity index (χ1) is 9.08.